The van der Waals surface area contributed by atoms with Gasteiger partial charge >= 0.3 is 0 Å². The highest BCUT2D eigenvalue weighted by Gasteiger charge is 2.26. The lowest BCUT2D eigenvalue weighted by atomic mass is 9.96. The summed E-state index contributed by atoms with van der Waals surface area (Å²) in [6, 6.07) is 4.72. The third kappa shape index (κ3) is 3.90. The van der Waals surface area contributed by atoms with E-state index in [1.807, 2.05) is 11.8 Å². The number of nitrogen functional groups attached to an aromatic ring is 1. The third-order valence-corrected chi connectivity index (χ3v) is 6.86. The van der Waals surface area contributed by atoms with Gasteiger partial charge in [-0.15, -0.1) is 0 Å². The zero-order chi connectivity index (χ0) is 14.8. The van der Waals surface area contributed by atoms with E-state index < -0.39 is 10.0 Å². The predicted molar refractivity (Wildman–Crippen MR) is 88.4 cm³/mol. The smallest absolute Gasteiger partial charge is 0.240 e. The Morgan fingerprint density at radius 3 is 2.80 bits per heavy atom. The molecule has 1 aliphatic carbocycles. The van der Waals surface area contributed by atoms with Gasteiger partial charge in [-0.25, -0.2) is 13.1 Å². The molecule has 3 N–H and O–H groups in total. The molecule has 2 atom stereocenters. The quantitative estimate of drug-likeness (QED) is 0.789. The second kappa shape index (κ2) is 6.68. The second-order valence-electron chi connectivity index (χ2n) is 5.03. The molecule has 1 fully saturated rings. The van der Waals surface area contributed by atoms with Crippen LogP contribution in [0.2, 0.25) is 0 Å². The van der Waals surface area contributed by atoms with E-state index in [0.717, 1.165) is 19.3 Å². The lowest BCUT2D eigenvalue weighted by Gasteiger charge is -2.28. The van der Waals surface area contributed by atoms with Gasteiger partial charge in [0.1, 0.15) is 0 Å². The molecular formula is C13H19BrN2O2S2. The minimum absolute atomic E-state index is 0.0301. The van der Waals surface area contributed by atoms with Gasteiger partial charge in [-0.3, -0.25) is 0 Å². The largest absolute Gasteiger partial charge is 0.398 e. The van der Waals surface area contributed by atoms with E-state index in [0.29, 0.717) is 15.4 Å². The van der Waals surface area contributed by atoms with Gasteiger partial charge < -0.3 is 5.73 Å². The number of benzene rings is 1. The molecule has 0 heterocycles. The Bertz CT molecular complexity index is 578. The number of anilines is 1. The fourth-order valence-electron chi connectivity index (χ4n) is 2.43. The monoisotopic (exact) mass is 378 g/mol. The maximum absolute atomic E-state index is 12.4. The molecule has 1 saturated carbocycles. The van der Waals surface area contributed by atoms with Crippen LogP contribution in [0.5, 0.6) is 0 Å². The van der Waals surface area contributed by atoms with E-state index in [-0.39, 0.29) is 10.9 Å². The number of hydrogen-bond donors (Lipinski definition) is 2. The van der Waals surface area contributed by atoms with Gasteiger partial charge in [0.05, 0.1) is 4.90 Å². The molecule has 0 aliphatic heterocycles. The van der Waals surface area contributed by atoms with Crippen LogP contribution in [0.1, 0.15) is 25.7 Å². The summed E-state index contributed by atoms with van der Waals surface area (Å²) in [4.78, 5) is 0.254. The van der Waals surface area contributed by atoms with Gasteiger partial charge in [0.25, 0.3) is 0 Å². The maximum atomic E-state index is 12.4. The fourth-order valence-corrected chi connectivity index (χ4v) is 5.10. The van der Waals surface area contributed by atoms with Gasteiger partial charge in [-0.1, -0.05) is 6.42 Å². The highest BCUT2D eigenvalue weighted by atomic mass is 79.9. The minimum Gasteiger partial charge on any atom is -0.398 e. The number of halogens is 1. The van der Waals surface area contributed by atoms with Crippen molar-refractivity contribution in [2.45, 2.75) is 41.9 Å². The van der Waals surface area contributed by atoms with Crippen molar-refractivity contribution in [1.82, 2.24) is 4.72 Å². The molecule has 0 radical (unpaired) electrons. The van der Waals surface area contributed by atoms with Crippen LogP contribution >= 0.6 is 27.7 Å². The highest BCUT2D eigenvalue weighted by molar-refractivity contribution is 9.10. The molecule has 4 nitrogen and oxygen atoms in total. The number of nitrogens with two attached hydrogens (primary N) is 1. The van der Waals surface area contributed by atoms with E-state index in [9.17, 15) is 8.42 Å². The van der Waals surface area contributed by atoms with Crippen LogP contribution in [-0.2, 0) is 10.0 Å². The Labute approximate surface area is 133 Å². The predicted octanol–water partition coefficient (Wildman–Crippen LogP) is 2.98. The van der Waals surface area contributed by atoms with E-state index in [1.165, 1.54) is 12.5 Å². The third-order valence-electron chi connectivity index (χ3n) is 3.56. The standard InChI is InChI=1S/C13H19BrN2O2S2/c1-19-10-4-2-3-9(7-10)16-20(17,18)11-5-6-13(15)12(14)8-11/h5-6,8-10,16H,2-4,7,15H2,1H3. The summed E-state index contributed by atoms with van der Waals surface area (Å²) in [6.45, 7) is 0. The summed E-state index contributed by atoms with van der Waals surface area (Å²) < 4.78 is 28.2. The normalized spacial score (nSPS) is 23.7. The molecule has 2 unspecified atom stereocenters. The van der Waals surface area contributed by atoms with Gasteiger partial charge in [0.15, 0.2) is 0 Å². The molecule has 1 aromatic rings. The molecule has 7 heteroatoms. The van der Waals surface area contributed by atoms with Crippen molar-refractivity contribution in [3.8, 4) is 0 Å². The van der Waals surface area contributed by atoms with Crippen LogP contribution in [0, 0.1) is 0 Å². The number of thioether (sulfide) groups is 1. The molecule has 20 heavy (non-hydrogen) atoms. The van der Waals surface area contributed by atoms with E-state index in [1.54, 1.807) is 12.1 Å². The van der Waals surface area contributed by atoms with Gasteiger partial charge in [0.2, 0.25) is 10.0 Å². The maximum Gasteiger partial charge on any atom is 0.240 e. The first-order valence-electron chi connectivity index (χ1n) is 6.52. The molecule has 0 bridgehead atoms. The highest BCUT2D eigenvalue weighted by Crippen LogP contribution is 2.28. The Hall–Kier alpha value is -0.240. The molecule has 1 aromatic carbocycles. The van der Waals surface area contributed by atoms with Crippen LogP contribution in [-0.4, -0.2) is 26.0 Å². The van der Waals surface area contributed by atoms with Crippen LogP contribution in [0.3, 0.4) is 0 Å². The van der Waals surface area contributed by atoms with Crippen LogP contribution in [0.4, 0.5) is 5.69 Å². The molecule has 0 amide bonds. The Balaban J connectivity index is 2.12. The van der Waals surface area contributed by atoms with Crippen molar-refractivity contribution in [1.29, 1.82) is 0 Å². The van der Waals surface area contributed by atoms with Crippen molar-refractivity contribution in [3.63, 3.8) is 0 Å². The molecule has 0 saturated heterocycles. The summed E-state index contributed by atoms with van der Waals surface area (Å²) >= 11 is 5.08. The van der Waals surface area contributed by atoms with Crippen molar-refractivity contribution < 1.29 is 8.42 Å². The summed E-state index contributed by atoms with van der Waals surface area (Å²) in [6.07, 6.45) is 6.14. The summed E-state index contributed by atoms with van der Waals surface area (Å²) in [7, 11) is -3.48. The minimum atomic E-state index is -3.48. The molecule has 0 aromatic heterocycles. The first kappa shape index (κ1) is 16.1. The number of sulfonamides is 1. The first-order valence-corrected chi connectivity index (χ1v) is 10.1. The summed E-state index contributed by atoms with van der Waals surface area (Å²) in [5, 5.41) is 0.551. The summed E-state index contributed by atoms with van der Waals surface area (Å²) in [5.41, 5.74) is 6.22. The lowest BCUT2D eigenvalue weighted by molar-refractivity contribution is 0.421. The lowest BCUT2D eigenvalue weighted by Crippen LogP contribution is -2.39. The topological polar surface area (TPSA) is 72.2 Å². The fraction of sp³-hybridized carbons (Fsp3) is 0.538. The zero-order valence-corrected chi connectivity index (χ0v) is 14.5. The van der Waals surface area contributed by atoms with Gasteiger partial charge in [-0.05, 0) is 59.6 Å². The number of rotatable bonds is 4. The summed E-state index contributed by atoms with van der Waals surface area (Å²) in [5.74, 6) is 0. The molecular weight excluding hydrogens is 360 g/mol. The first-order chi connectivity index (χ1) is 9.42. The van der Waals surface area contributed by atoms with Crippen LogP contribution in [0.15, 0.2) is 27.6 Å². The second-order valence-corrected chi connectivity index (χ2v) is 8.73. The average molecular weight is 379 g/mol. The van der Waals surface area contributed by atoms with Crippen molar-refractivity contribution in [2.24, 2.45) is 0 Å². The molecule has 2 rings (SSSR count). The van der Waals surface area contributed by atoms with Gasteiger partial charge in [0, 0.05) is 21.5 Å². The average Bonchev–Trinajstić information content (AvgIpc) is 2.41. The van der Waals surface area contributed by atoms with Crippen molar-refractivity contribution in [2.75, 3.05) is 12.0 Å². The molecule has 1 aliphatic rings. The zero-order valence-electron chi connectivity index (χ0n) is 11.3. The number of nitrogens with one attached hydrogen (secondary N) is 1. The van der Waals surface area contributed by atoms with E-state index >= 15 is 0 Å². The van der Waals surface area contributed by atoms with Gasteiger partial charge in [-0.2, -0.15) is 11.8 Å². The number of hydrogen-bond acceptors (Lipinski definition) is 4. The van der Waals surface area contributed by atoms with E-state index in [2.05, 4.69) is 26.9 Å². The Morgan fingerprint density at radius 2 is 2.15 bits per heavy atom. The molecule has 0 spiro atoms. The Morgan fingerprint density at radius 1 is 1.40 bits per heavy atom. The Kier molecular flexibility index (Phi) is 5.39. The van der Waals surface area contributed by atoms with E-state index in [4.69, 9.17) is 5.73 Å². The van der Waals surface area contributed by atoms with Crippen molar-refractivity contribution in [3.05, 3.63) is 22.7 Å². The molecule has 112 valence electrons. The van der Waals surface area contributed by atoms with Crippen LogP contribution < -0.4 is 10.5 Å². The van der Waals surface area contributed by atoms with Crippen LogP contribution in [0.25, 0.3) is 0 Å². The van der Waals surface area contributed by atoms with Crippen molar-refractivity contribution >= 4 is 43.4 Å². The SMILES string of the molecule is CSC1CCCC(NS(=O)(=O)c2ccc(N)c(Br)c2)C1.